The van der Waals surface area contributed by atoms with Gasteiger partial charge in [0.1, 0.15) is 6.04 Å². The second-order valence-electron chi connectivity index (χ2n) is 4.33. The summed E-state index contributed by atoms with van der Waals surface area (Å²) in [5.74, 6) is -0.162. The quantitative estimate of drug-likeness (QED) is 0.785. The number of benzene rings is 1. The fourth-order valence-corrected chi connectivity index (χ4v) is 2.60. The van der Waals surface area contributed by atoms with Crippen LogP contribution in [0.4, 0.5) is 0 Å². The van der Waals surface area contributed by atoms with Gasteiger partial charge in [0.05, 0.1) is 7.11 Å². The van der Waals surface area contributed by atoms with Gasteiger partial charge in [0, 0.05) is 17.6 Å². The first-order chi connectivity index (χ1) is 8.11. The van der Waals surface area contributed by atoms with Crippen molar-refractivity contribution in [3.05, 3.63) is 33.8 Å². The first-order valence-electron chi connectivity index (χ1n) is 5.71. The Morgan fingerprint density at radius 2 is 2.24 bits per heavy atom. The number of hydrogen-bond donors (Lipinski definition) is 0. The molecule has 0 bridgehead atoms. The van der Waals surface area contributed by atoms with Gasteiger partial charge in [-0.3, -0.25) is 9.69 Å². The molecule has 0 aromatic heterocycles. The standard InChI is InChI=1S/C13H16BrNO2/c1-9(13(16)17-2)15-6-5-10-7-12(14)4-3-11(10)8-15/h3-4,7,9H,5-6,8H2,1-2H3. The molecule has 0 amide bonds. The predicted molar refractivity (Wildman–Crippen MR) is 69.7 cm³/mol. The zero-order valence-electron chi connectivity index (χ0n) is 10.1. The molecule has 1 unspecified atom stereocenters. The molecule has 4 heteroatoms. The summed E-state index contributed by atoms with van der Waals surface area (Å²) >= 11 is 3.48. The molecule has 0 saturated carbocycles. The topological polar surface area (TPSA) is 29.5 Å². The summed E-state index contributed by atoms with van der Waals surface area (Å²) < 4.78 is 5.90. The van der Waals surface area contributed by atoms with Gasteiger partial charge in [0.15, 0.2) is 0 Å². The summed E-state index contributed by atoms with van der Waals surface area (Å²) in [6, 6.07) is 6.16. The van der Waals surface area contributed by atoms with Gasteiger partial charge < -0.3 is 4.74 Å². The number of rotatable bonds is 2. The van der Waals surface area contributed by atoms with Crippen LogP contribution in [0.25, 0.3) is 0 Å². The molecule has 0 N–H and O–H groups in total. The van der Waals surface area contributed by atoms with Gasteiger partial charge in [0.2, 0.25) is 0 Å². The minimum atomic E-state index is -0.170. The van der Waals surface area contributed by atoms with E-state index in [4.69, 9.17) is 4.74 Å². The van der Waals surface area contributed by atoms with E-state index in [1.54, 1.807) is 0 Å². The largest absolute Gasteiger partial charge is 0.468 e. The Hall–Kier alpha value is -0.870. The molecule has 17 heavy (non-hydrogen) atoms. The molecule has 0 saturated heterocycles. The fraction of sp³-hybridized carbons (Fsp3) is 0.462. The van der Waals surface area contributed by atoms with Gasteiger partial charge >= 0.3 is 5.97 Å². The van der Waals surface area contributed by atoms with Crippen LogP contribution in [-0.4, -0.2) is 30.6 Å². The number of carbonyl (C=O) groups excluding carboxylic acids is 1. The second kappa shape index (κ2) is 5.19. The lowest BCUT2D eigenvalue weighted by molar-refractivity contribution is -0.146. The van der Waals surface area contributed by atoms with Crippen molar-refractivity contribution in [1.29, 1.82) is 0 Å². The highest BCUT2D eigenvalue weighted by Crippen LogP contribution is 2.24. The van der Waals surface area contributed by atoms with Crippen molar-refractivity contribution in [3.8, 4) is 0 Å². The molecule has 1 atom stereocenters. The van der Waals surface area contributed by atoms with Crippen molar-refractivity contribution in [2.24, 2.45) is 0 Å². The lowest BCUT2D eigenvalue weighted by atomic mass is 9.99. The average molecular weight is 298 g/mol. The Morgan fingerprint density at radius 1 is 1.47 bits per heavy atom. The maximum Gasteiger partial charge on any atom is 0.322 e. The molecule has 92 valence electrons. The normalized spacial score (nSPS) is 17.4. The number of methoxy groups -OCH3 is 1. The average Bonchev–Trinajstić information content (AvgIpc) is 2.36. The summed E-state index contributed by atoms with van der Waals surface area (Å²) in [5.41, 5.74) is 2.67. The third kappa shape index (κ3) is 2.69. The Bertz CT molecular complexity index is 433. The highest BCUT2D eigenvalue weighted by molar-refractivity contribution is 9.10. The Morgan fingerprint density at radius 3 is 2.94 bits per heavy atom. The number of nitrogens with zero attached hydrogens (tertiary/aromatic N) is 1. The first-order valence-corrected chi connectivity index (χ1v) is 6.50. The summed E-state index contributed by atoms with van der Waals surface area (Å²) in [4.78, 5) is 13.7. The van der Waals surface area contributed by atoms with E-state index in [9.17, 15) is 4.79 Å². The van der Waals surface area contributed by atoms with Gasteiger partial charge in [-0.25, -0.2) is 0 Å². The summed E-state index contributed by atoms with van der Waals surface area (Å²) in [6.07, 6.45) is 0.982. The van der Waals surface area contributed by atoms with Gasteiger partial charge in [-0.2, -0.15) is 0 Å². The number of fused-ring (bicyclic) bond motifs is 1. The molecule has 0 spiro atoms. The van der Waals surface area contributed by atoms with Crippen LogP contribution in [0.15, 0.2) is 22.7 Å². The van der Waals surface area contributed by atoms with Crippen LogP contribution in [0.5, 0.6) is 0 Å². The number of carbonyl (C=O) groups is 1. The van der Waals surface area contributed by atoms with Crippen molar-refractivity contribution in [3.63, 3.8) is 0 Å². The highest BCUT2D eigenvalue weighted by Gasteiger charge is 2.25. The van der Waals surface area contributed by atoms with E-state index >= 15 is 0 Å². The molecule has 1 heterocycles. The fourth-order valence-electron chi connectivity index (χ4n) is 2.19. The second-order valence-corrected chi connectivity index (χ2v) is 5.25. The lowest BCUT2D eigenvalue weighted by Gasteiger charge is -2.32. The molecule has 1 aliphatic heterocycles. The van der Waals surface area contributed by atoms with Crippen LogP contribution in [0, 0.1) is 0 Å². The smallest absolute Gasteiger partial charge is 0.322 e. The number of ether oxygens (including phenoxy) is 1. The van der Waals surface area contributed by atoms with Crippen molar-refractivity contribution >= 4 is 21.9 Å². The van der Waals surface area contributed by atoms with Crippen LogP contribution in [0.2, 0.25) is 0 Å². The molecule has 1 aromatic rings. The minimum Gasteiger partial charge on any atom is -0.468 e. The van der Waals surface area contributed by atoms with E-state index in [0.29, 0.717) is 0 Å². The summed E-state index contributed by atoms with van der Waals surface area (Å²) in [7, 11) is 1.44. The van der Waals surface area contributed by atoms with Crippen LogP contribution in [0.1, 0.15) is 18.1 Å². The van der Waals surface area contributed by atoms with Crippen molar-refractivity contribution in [2.45, 2.75) is 25.9 Å². The molecule has 2 rings (SSSR count). The summed E-state index contributed by atoms with van der Waals surface area (Å²) in [5, 5.41) is 0. The molecular formula is C13H16BrNO2. The Kier molecular flexibility index (Phi) is 3.84. The van der Waals surface area contributed by atoms with E-state index in [1.807, 2.05) is 13.0 Å². The van der Waals surface area contributed by atoms with E-state index in [0.717, 1.165) is 24.0 Å². The zero-order valence-corrected chi connectivity index (χ0v) is 11.7. The van der Waals surface area contributed by atoms with Crippen molar-refractivity contribution < 1.29 is 9.53 Å². The zero-order chi connectivity index (χ0) is 12.4. The van der Waals surface area contributed by atoms with E-state index in [1.165, 1.54) is 18.2 Å². The number of hydrogen-bond acceptors (Lipinski definition) is 3. The molecule has 3 nitrogen and oxygen atoms in total. The molecule has 1 aliphatic rings. The van der Waals surface area contributed by atoms with Gasteiger partial charge in [-0.15, -0.1) is 0 Å². The number of halogens is 1. The third-order valence-electron chi connectivity index (χ3n) is 3.30. The van der Waals surface area contributed by atoms with Crippen LogP contribution >= 0.6 is 15.9 Å². The van der Waals surface area contributed by atoms with Crippen LogP contribution < -0.4 is 0 Å². The van der Waals surface area contributed by atoms with E-state index in [-0.39, 0.29) is 12.0 Å². The Labute approximate surface area is 110 Å². The SMILES string of the molecule is COC(=O)C(C)N1CCc2cc(Br)ccc2C1. The monoisotopic (exact) mass is 297 g/mol. The highest BCUT2D eigenvalue weighted by atomic mass is 79.9. The van der Waals surface area contributed by atoms with Crippen LogP contribution in [-0.2, 0) is 22.5 Å². The van der Waals surface area contributed by atoms with Crippen LogP contribution in [0.3, 0.4) is 0 Å². The number of esters is 1. The first kappa shape index (κ1) is 12.6. The molecule has 0 radical (unpaired) electrons. The molecule has 0 aliphatic carbocycles. The lowest BCUT2D eigenvalue weighted by Crippen LogP contribution is -2.42. The van der Waals surface area contributed by atoms with E-state index < -0.39 is 0 Å². The van der Waals surface area contributed by atoms with Gasteiger partial charge in [0.25, 0.3) is 0 Å². The minimum absolute atomic E-state index is 0.162. The van der Waals surface area contributed by atoms with Gasteiger partial charge in [-0.1, -0.05) is 22.0 Å². The summed E-state index contributed by atoms with van der Waals surface area (Å²) in [6.45, 7) is 3.62. The maximum absolute atomic E-state index is 11.5. The third-order valence-corrected chi connectivity index (χ3v) is 3.79. The van der Waals surface area contributed by atoms with E-state index in [2.05, 4.69) is 33.0 Å². The molecule has 0 fully saturated rings. The van der Waals surface area contributed by atoms with Gasteiger partial charge in [-0.05, 0) is 36.6 Å². The molecule has 1 aromatic carbocycles. The Balaban J connectivity index is 2.13. The predicted octanol–water partition coefficient (Wildman–Crippen LogP) is 2.37. The van der Waals surface area contributed by atoms with Crippen molar-refractivity contribution in [2.75, 3.05) is 13.7 Å². The maximum atomic E-state index is 11.5. The molecular weight excluding hydrogens is 282 g/mol. The van der Waals surface area contributed by atoms with Crippen molar-refractivity contribution in [1.82, 2.24) is 4.90 Å².